The van der Waals surface area contributed by atoms with Crippen molar-refractivity contribution in [3.05, 3.63) is 23.8 Å². The number of unbranched alkanes of at least 4 members (excludes halogenated alkanes) is 1. The Balaban J connectivity index is 2.25. The van der Waals surface area contributed by atoms with E-state index in [4.69, 9.17) is 4.74 Å². The highest BCUT2D eigenvalue weighted by Gasteiger charge is 2.10. The molecule has 0 aromatic heterocycles. The van der Waals surface area contributed by atoms with Crippen molar-refractivity contribution in [3.8, 4) is 5.75 Å². The summed E-state index contributed by atoms with van der Waals surface area (Å²) in [6.07, 6.45) is 4.94. The molecule has 0 saturated carbocycles. The average Bonchev–Trinajstić information content (AvgIpc) is 2.49. The maximum atomic E-state index is 11.8. The lowest BCUT2D eigenvalue weighted by Crippen LogP contribution is -2.14. The number of carbonyl (C=O) groups is 1. The van der Waals surface area contributed by atoms with Crippen LogP contribution in [-0.4, -0.2) is 23.4 Å². The number of esters is 1. The largest absolute Gasteiger partial charge is 0.507 e. The van der Waals surface area contributed by atoms with Gasteiger partial charge in [-0.15, -0.1) is 11.8 Å². The minimum atomic E-state index is -0.144. The highest BCUT2D eigenvalue weighted by Crippen LogP contribution is 2.29. The molecule has 0 saturated heterocycles. The Kier molecular flexibility index (Phi) is 9.05. The van der Waals surface area contributed by atoms with Crippen molar-refractivity contribution in [2.24, 2.45) is 5.92 Å². The Hall–Kier alpha value is -1.16. The van der Waals surface area contributed by atoms with Gasteiger partial charge in [-0.2, -0.15) is 0 Å². The van der Waals surface area contributed by atoms with Crippen LogP contribution in [0.25, 0.3) is 0 Å². The van der Waals surface area contributed by atoms with Crippen molar-refractivity contribution < 1.29 is 14.6 Å². The van der Waals surface area contributed by atoms with Crippen LogP contribution in [0.2, 0.25) is 0 Å². The molecule has 0 spiro atoms. The summed E-state index contributed by atoms with van der Waals surface area (Å²) in [6, 6.07) is 5.58. The van der Waals surface area contributed by atoms with E-state index in [2.05, 4.69) is 13.8 Å². The first-order chi connectivity index (χ1) is 10.6. The number of ether oxygens (including phenoxy) is 1. The van der Waals surface area contributed by atoms with E-state index in [0.29, 0.717) is 24.7 Å². The Morgan fingerprint density at radius 1 is 1.36 bits per heavy atom. The number of aryl methyl sites for hydroxylation is 1. The summed E-state index contributed by atoms with van der Waals surface area (Å²) in [5.74, 6) is 1.25. The molecular weight excluding hydrogens is 296 g/mol. The molecule has 0 amide bonds. The number of phenols is 1. The van der Waals surface area contributed by atoms with Gasteiger partial charge in [0.25, 0.3) is 0 Å². The van der Waals surface area contributed by atoms with Gasteiger partial charge in [-0.1, -0.05) is 39.2 Å². The van der Waals surface area contributed by atoms with E-state index in [1.165, 1.54) is 24.6 Å². The predicted octanol–water partition coefficient (Wildman–Crippen LogP) is 4.94. The van der Waals surface area contributed by atoms with E-state index in [-0.39, 0.29) is 11.7 Å². The lowest BCUT2D eigenvalue weighted by Gasteiger charge is -2.14. The highest BCUT2D eigenvalue weighted by atomic mass is 32.2. The first-order valence-electron chi connectivity index (χ1n) is 8.14. The van der Waals surface area contributed by atoms with Gasteiger partial charge in [0.2, 0.25) is 0 Å². The number of rotatable bonds is 10. The van der Waals surface area contributed by atoms with Crippen molar-refractivity contribution in [1.82, 2.24) is 0 Å². The second-order valence-electron chi connectivity index (χ2n) is 5.67. The molecule has 1 aromatic carbocycles. The van der Waals surface area contributed by atoms with Crippen LogP contribution in [0.15, 0.2) is 23.1 Å². The lowest BCUT2D eigenvalue weighted by atomic mass is 10.0. The van der Waals surface area contributed by atoms with Crippen LogP contribution in [0.1, 0.15) is 51.5 Å². The molecule has 0 aliphatic heterocycles. The summed E-state index contributed by atoms with van der Waals surface area (Å²) in [4.78, 5) is 12.6. The van der Waals surface area contributed by atoms with Crippen LogP contribution in [0.3, 0.4) is 0 Å². The standard InChI is InChI=1S/C18H28O3S/c1-4-6-7-15(5-2)13-21-18(20)10-11-22-17-9-8-14(3)12-16(17)19/h8-9,12,15,19H,4-7,10-11,13H2,1-3H3/t15-/m1/s1. The molecule has 1 rings (SSSR count). The maximum Gasteiger partial charge on any atom is 0.306 e. The first kappa shape index (κ1) is 18.9. The van der Waals surface area contributed by atoms with Crippen molar-refractivity contribution in [3.63, 3.8) is 0 Å². The minimum absolute atomic E-state index is 0.144. The molecule has 0 heterocycles. The molecule has 0 unspecified atom stereocenters. The average molecular weight is 324 g/mol. The highest BCUT2D eigenvalue weighted by molar-refractivity contribution is 7.99. The van der Waals surface area contributed by atoms with Crippen LogP contribution in [0.5, 0.6) is 5.75 Å². The molecule has 0 aliphatic rings. The number of phenolic OH excluding ortho intramolecular Hbond substituents is 1. The van der Waals surface area contributed by atoms with E-state index < -0.39 is 0 Å². The molecule has 3 nitrogen and oxygen atoms in total. The smallest absolute Gasteiger partial charge is 0.306 e. The maximum absolute atomic E-state index is 11.8. The molecule has 22 heavy (non-hydrogen) atoms. The number of carbonyl (C=O) groups excluding carboxylic acids is 1. The summed E-state index contributed by atoms with van der Waals surface area (Å²) < 4.78 is 5.36. The Bertz CT molecular complexity index is 460. The van der Waals surface area contributed by atoms with Gasteiger partial charge in [-0.25, -0.2) is 0 Å². The Morgan fingerprint density at radius 3 is 2.77 bits per heavy atom. The zero-order chi connectivity index (χ0) is 16.4. The zero-order valence-electron chi connectivity index (χ0n) is 13.9. The van der Waals surface area contributed by atoms with Crippen LogP contribution in [-0.2, 0) is 9.53 Å². The Morgan fingerprint density at radius 2 is 2.14 bits per heavy atom. The van der Waals surface area contributed by atoms with Gasteiger partial charge in [0.15, 0.2) is 0 Å². The number of aromatic hydroxyl groups is 1. The molecule has 1 N–H and O–H groups in total. The van der Waals surface area contributed by atoms with Crippen LogP contribution in [0, 0.1) is 12.8 Å². The molecule has 1 atom stereocenters. The number of benzene rings is 1. The molecule has 1 aromatic rings. The normalized spacial score (nSPS) is 12.1. The zero-order valence-corrected chi connectivity index (χ0v) is 14.7. The van der Waals surface area contributed by atoms with E-state index in [0.717, 1.165) is 23.3 Å². The van der Waals surface area contributed by atoms with Gasteiger partial charge >= 0.3 is 5.97 Å². The summed E-state index contributed by atoms with van der Waals surface area (Å²) in [7, 11) is 0. The van der Waals surface area contributed by atoms with Gasteiger partial charge < -0.3 is 9.84 Å². The van der Waals surface area contributed by atoms with Crippen molar-refractivity contribution >= 4 is 17.7 Å². The number of thioether (sulfide) groups is 1. The van der Waals surface area contributed by atoms with E-state index >= 15 is 0 Å². The third kappa shape index (κ3) is 7.21. The molecular formula is C18H28O3S. The third-order valence-corrected chi connectivity index (χ3v) is 4.77. The minimum Gasteiger partial charge on any atom is -0.507 e. The van der Waals surface area contributed by atoms with Crippen molar-refractivity contribution in [1.29, 1.82) is 0 Å². The number of hydrogen-bond acceptors (Lipinski definition) is 4. The quantitative estimate of drug-likeness (QED) is 0.489. The molecule has 4 heteroatoms. The molecule has 0 aliphatic carbocycles. The van der Waals surface area contributed by atoms with Gasteiger partial charge in [-0.3, -0.25) is 4.79 Å². The monoisotopic (exact) mass is 324 g/mol. The molecule has 124 valence electrons. The SMILES string of the molecule is CCCC[C@@H](CC)COC(=O)CCSc1ccc(C)cc1O. The summed E-state index contributed by atoms with van der Waals surface area (Å²) in [5, 5.41) is 9.81. The first-order valence-corrected chi connectivity index (χ1v) is 9.13. The van der Waals surface area contributed by atoms with Crippen molar-refractivity contribution in [2.75, 3.05) is 12.4 Å². The predicted molar refractivity (Wildman–Crippen MR) is 92.4 cm³/mol. The second-order valence-corrected chi connectivity index (χ2v) is 6.81. The topological polar surface area (TPSA) is 46.5 Å². The van der Waals surface area contributed by atoms with Gasteiger partial charge in [0, 0.05) is 10.6 Å². The fourth-order valence-corrected chi connectivity index (χ4v) is 3.03. The fraction of sp³-hybridized carbons (Fsp3) is 0.611. The van der Waals surface area contributed by atoms with E-state index in [1.807, 2.05) is 19.1 Å². The summed E-state index contributed by atoms with van der Waals surface area (Å²) in [6.45, 7) is 6.80. The van der Waals surface area contributed by atoms with Crippen molar-refractivity contribution in [2.45, 2.75) is 57.8 Å². The van der Waals surface area contributed by atoms with Crippen LogP contribution in [0.4, 0.5) is 0 Å². The van der Waals surface area contributed by atoms with E-state index in [1.54, 1.807) is 6.07 Å². The lowest BCUT2D eigenvalue weighted by molar-refractivity contribution is -0.144. The Labute approximate surface area is 138 Å². The van der Waals surface area contributed by atoms with Gasteiger partial charge in [0.1, 0.15) is 5.75 Å². The van der Waals surface area contributed by atoms with Crippen LogP contribution >= 0.6 is 11.8 Å². The van der Waals surface area contributed by atoms with Crippen LogP contribution < -0.4 is 0 Å². The summed E-state index contributed by atoms with van der Waals surface area (Å²) in [5.41, 5.74) is 1.03. The van der Waals surface area contributed by atoms with Gasteiger partial charge in [-0.05, 0) is 37.0 Å². The fourth-order valence-electron chi connectivity index (χ4n) is 2.17. The third-order valence-electron chi connectivity index (χ3n) is 3.70. The molecule has 0 fully saturated rings. The summed E-state index contributed by atoms with van der Waals surface area (Å²) >= 11 is 1.49. The van der Waals surface area contributed by atoms with Gasteiger partial charge in [0.05, 0.1) is 13.0 Å². The molecule has 0 bridgehead atoms. The number of hydrogen-bond donors (Lipinski definition) is 1. The molecule has 0 radical (unpaired) electrons. The second kappa shape index (κ2) is 10.5. The van der Waals surface area contributed by atoms with E-state index in [9.17, 15) is 9.90 Å².